The minimum atomic E-state index is 0.969. The number of aryl methyl sites for hydroxylation is 1. The second-order valence-corrected chi connectivity index (χ2v) is 12.0. The summed E-state index contributed by atoms with van der Waals surface area (Å²) in [6.45, 7) is 0. The van der Waals surface area contributed by atoms with Gasteiger partial charge in [0.2, 0.25) is 0 Å². The van der Waals surface area contributed by atoms with Gasteiger partial charge in [0.15, 0.2) is 0 Å². The Morgan fingerprint density at radius 2 is 1.18 bits per heavy atom. The molecular formula is C42H32N2O. The monoisotopic (exact) mass is 580 g/mol. The minimum Gasteiger partial charge on any atom is -0.460 e. The van der Waals surface area contributed by atoms with E-state index in [2.05, 4.69) is 155 Å². The Morgan fingerprint density at radius 3 is 1.93 bits per heavy atom. The number of nitrogens with zero attached hydrogens (tertiary/aromatic N) is 2. The summed E-state index contributed by atoms with van der Waals surface area (Å²) < 4.78 is 8.85. The summed E-state index contributed by atoms with van der Waals surface area (Å²) in [6, 6.07) is 43.7. The van der Waals surface area contributed by atoms with Gasteiger partial charge in [0, 0.05) is 56.8 Å². The summed E-state index contributed by atoms with van der Waals surface area (Å²) in [5, 5.41) is 2.47. The van der Waals surface area contributed by atoms with Crippen LogP contribution in [-0.2, 0) is 12.8 Å². The molecule has 0 radical (unpaired) electrons. The normalized spacial score (nSPS) is 13.7. The van der Waals surface area contributed by atoms with Crippen LogP contribution in [0.3, 0.4) is 0 Å². The second kappa shape index (κ2) is 10.6. The third kappa shape index (κ3) is 4.35. The highest BCUT2D eigenvalue weighted by atomic mass is 16.3. The third-order valence-electron chi connectivity index (χ3n) is 9.30. The lowest BCUT2D eigenvalue weighted by Crippen LogP contribution is -2.10. The first-order chi connectivity index (χ1) is 22.3. The van der Waals surface area contributed by atoms with Crippen molar-refractivity contribution in [3.8, 4) is 16.8 Å². The highest BCUT2D eigenvalue weighted by Crippen LogP contribution is 2.41. The van der Waals surface area contributed by atoms with Gasteiger partial charge >= 0.3 is 0 Å². The second-order valence-electron chi connectivity index (χ2n) is 12.0. The molecule has 0 fully saturated rings. The first-order valence-electron chi connectivity index (χ1n) is 15.9. The van der Waals surface area contributed by atoms with Crippen molar-refractivity contribution in [1.82, 2.24) is 4.57 Å². The van der Waals surface area contributed by atoms with Crippen LogP contribution in [0.5, 0.6) is 0 Å². The van der Waals surface area contributed by atoms with Gasteiger partial charge in [0.05, 0.1) is 5.52 Å². The van der Waals surface area contributed by atoms with Gasteiger partial charge in [-0.25, -0.2) is 0 Å². The number of allylic oxidation sites excluding steroid dienone is 2. The van der Waals surface area contributed by atoms with Crippen LogP contribution in [0.1, 0.15) is 35.4 Å². The smallest absolute Gasteiger partial charge is 0.135 e. The van der Waals surface area contributed by atoms with E-state index in [1.807, 2.05) is 0 Å². The summed E-state index contributed by atoms with van der Waals surface area (Å²) in [4.78, 5) is 2.33. The van der Waals surface area contributed by atoms with Crippen LogP contribution < -0.4 is 4.90 Å². The number of rotatable bonds is 5. The number of hydrogen-bond donors (Lipinski definition) is 0. The molecule has 0 spiro atoms. The average Bonchev–Trinajstić information content (AvgIpc) is 3.64. The Bertz CT molecular complexity index is 2230. The van der Waals surface area contributed by atoms with Gasteiger partial charge in [-0.3, -0.25) is 0 Å². The number of anilines is 3. The molecule has 2 aliphatic rings. The molecule has 9 rings (SSSR count). The van der Waals surface area contributed by atoms with Gasteiger partial charge in [-0.1, -0.05) is 85.0 Å². The molecule has 0 saturated carbocycles. The molecule has 7 aromatic rings. The van der Waals surface area contributed by atoms with Crippen molar-refractivity contribution in [2.75, 3.05) is 4.90 Å². The Morgan fingerprint density at radius 1 is 0.556 bits per heavy atom. The van der Waals surface area contributed by atoms with E-state index in [1.54, 1.807) is 0 Å². The molecule has 0 bridgehead atoms. The largest absolute Gasteiger partial charge is 0.460 e. The summed E-state index contributed by atoms with van der Waals surface area (Å²) in [6.07, 6.45) is 13.2. The fourth-order valence-corrected chi connectivity index (χ4v) is 7.16. The molecule has 2 heterocycles. The van der Waals surface area contributed by atoms with Crippen LogP contribution in [0.4, 0.5) is 17.1 Å². The van der Waals surface area contributed by atoms with Crippen LogP contribution in [0.15, 0.2) is 138 Å². The zero-order valence-electron chi connectivity index (χ0n) is 25.0. The summed E-state index contributed by atoms with van der Waals surface area (Å²) in [5.41, 5.74) is 13.2. The molecule has 0 atom stereocenters. The van der Waals surface area contributed by atoms with Crippen molar-refractivity contribution >= 4 is 51.1 Å². The Balaban J connectivity index is 1.16. The van der Waals surface area contributed by atoms with E-state index in [9.17, 15) is 0 Å². The van der Waals surface area contributed by atoms with Crippen LogP contribution in [0, 0.1) is 0 Å². The van der Waals surface area contributed by atoms with Crippen molar-refractivity contribution in [2.45, 2.75) is 25.7 Å². The first kappa shape index (κ1) is 25.9. The maximum atomic E-state index is 6.37. The molecule has 0 aliphatic heterocycles. The summed E-state index contributed by atoms with van der Waals surface area (Å²) in [5.74, 6) is 1.11. The van der Waals surface area contributed by atoms with Gasteiger partial charge in [-0.05, 0) is 91.1 Å². The number of hydrogen-bond acceptors (Lipinski definition) is 2. The summed E-state index contributed by atoms with van der Waals surface area (Å²) in [7, 11) is 0. The number of para-hydroxylation sites is 1. The standard InChI is InChI=1S/C42H32N2O/c1-3-11-29(12-4-1)30-19-21-32(22-20-30)43(31-13-5-2-6-14-31)33-23-25-34(26-24-33)44-39-17-9-7-15-35(39)37-28-42-38(27-40(37)44)36-16-8-10-18-41(36)45-42/h1-8,11-16,19-28H,9-10,17-18H2. The van der Waals surface area contributed by atoms with E-state index in [1.165, 1.54) is 49.9 Å². The van der Waals surface area contributed by atoms with Crippen molar-refractivity contribution in [3.63, 3.8) is 0 Å². The fraction of sp³-hybridized carbons (Fsp3) is 0.0952. The van der Waals surface area contributed by atoms with Gasteiger partial charge in [-0.2, -0.15) is 0 Å². The van der Waals surface area contributed by atoms with E-state index in [0.29, 0.717) is 0 Å². The van der Waals surface area contributed by atoms with Crippen molar-refractivity contribution in [1.29, 1.82) is 0 Å². The Kier molecular flexibility index (Phi) is 6.09. The fourth-order valence-electron chi connectivity index (χ4n) is 7.16. The third-order valence-corrected chi connectivity index (χ3v) is 9.30. The molecule has 45 heavy (non-hydrogen) atoms. The molecule has 0 saturated heterocycles. The lowest BCUT2D eigenvalue weighted by Gasteiger charge is -2.26. The molecule has 3 nitrogen and oxygen atoms in total. The number of benzene rings is 5. The molecule has 0 amide bonds. The van der Waals surface area contributed by atoms with Gasteiger partial charge in [0.25, 0.3) is 0 Å². The van der Waals surface area contributed by atoms with Gasteiger partial charge < -0.3 is 13.9 Å². The number of aromatic nitrogens is 1. The van der Waals surface area contributed by atoms with E-state index >= 15 is 0 Å². The molecular weight excluding hydrogens is 548 g/mol. The average molecular weight is 581 g/mol. The molecule has 0 unspecified atom stereocenters. The predicted molar refractivity (Wildman–Crippen MR) is 188 cm³/mol. The molecule has 2 aromatic heterocycles. The van der Waals surface area contributed by atoms with Crippen LogP contribution in [0.2, 0.25) is 0 Å². The Hall–Kier alpha value is -5.54. The van der Waals surface area contributed by atoms with E-state index in [4.69, 9.17) is 4.42 Å². The molecule has 2 aliphatic carbocycles. The minimum absolute atomic E-state index is 0.969. The summed E-state index contributed by atoms with van der Waals surface area (Å²) >= 11 is 0. The highest BCUT2D eigenvalue weighted by molar-refractivity contribution is 6.04. The zero-order chi connectivity index (χ0) is 29.7. The van der Waals surface area contributed by atoms with Crippen molar-refractivity contribution < 1.29 is 4.42 Å². The predicted octanol–water partition coefficient (Wildman–Crippen LogP) is 11.4. The first-order valence-corrected chi connectivity index (χ1v) is 15.9. The van der Waals surface area contributed by atoms with E-state index in [-0.39, 0.29) is 0 Å². The molecule has 5 aromatic carbocycles. The van der Waals surface area contributed by atoms with Gasteiger partial charge in [-0.15, -0.1) is 0 Å². The SMILES string of the molecule is C1=Cc2c(oc3cc4c5c(n(-c6ccc(N(c7ccccc7)c7ccc(-c8ccccc8)cc7)cc6)c4cc23)CCC=C5)CC1. The van der Waals surface area contributed by atoms with Crippen molar-refractivity contribution in [3.05, 3.63) is 156 Å². The van der Waals surface area contributed by atoms with E-state index < -0.39 is 0 Å². The van der Waals surface area contributed by atoms with Crippen LogP contribution in [0.25, 0.3) is 50.8 Å². The van der Waals surface area contributed by atoms with Crippen LogP contribution >= 0.6 is 0 Å². The number of furan rings is 1. The topological polar surface area (TPSA) is 21.3 Å². The van der Waals surface area contributed by atoms with Crippen molar-refractivity contribution in [2.24, 2.45) is 0 Å². The van der Waals surface area contributed by atoms with E-state index in [0.717, 1.165) is 54.1 Å². The van der Waals surface area contributed by atoms with Gasteiger partial charge in [0.1, 0.15) is 11.3 Å². The quantitative estimate of drug-likeness (QED) is 0.202. The molecule has 0 N–H and O–H groups in total. The maximum absolute atomic E-state index is 6.37. The lowest BCUT2D eigenvalue weighted by atomic mass is 10.00. The molecule has 3 heteroatoms. The number of fused-ring (bicyclic) bond motifs is 6. The lowest BCUT2D eigenvalue weighted by molar-refractivity contribution is 0.546. The van der Waals surface area contributed by atoms with Crippen LogP contribution in [-0.4, -0.2) is 4.57 Å². The Labute approximate surface area is 263 Å². The zero-order valence-corrected chi connectivity index (χ0v) is 25.0. The highest BCUT2D eigenvalue weighted by Gasteiger charge is 2.23. The molecule has 216 valence electrons. The maximum Gasteiger partial charge on any atom is 0.135 e.